The Morgan fingerprint density at radius 1 is 1.19 bits per heavy atom. The molecule has 1 aromatic heterocycles. The number of rotatable bonds is 9. The summed E-state index contributed by atoms with van der Waals surface area (Å²) in [6.07, 6.45) is 2.86. The summed E-state index contributed by atoms with van der Waals surface area (Å²) in [5.41, 5.74) is 8.85. The number of anilines is 1. The van der Waals surface area contributed by atoms with E-state index in [0.29, 0.717) is 49.0 Å². The van der Waals surface area contributed by atoms with E-state index in [1.807, 2.05) is 19.1 Å². The fourth-order valence-corrected chi connectivity index (χ4v) is 2.72. The number of hydrogen-bond acceptors (Lipinski definition) is 7. The molecule has 0 aliphatic rings. The Hall–Kier alpha value is -2.38. The van der Waals surface area contributed by atoms with Crippen LogP contribution in [0.4, 0.5) is 5.82 Å². The van der Waals surface area contributed by atoms with Crippen LogP contribution in [0.2, 0.25) is 0 Å². The van der Waals surface area contributed by atoms with E-state index in [1.54, 1.807) is 20.2 Å². The number of nitrogens with zero attached hydrogens (tertiary/aromatic N) is 2. The summed E-state index contributed by atoms with van der Waals surface area (Å²) in [5, 5.41) is 17.7. The van der Waals surface area contributed by atoms with Crippen molar-refractivity contribution >= 4 is 5.82 Å². The van der Waals surface area contributed by atoms with Gasteiger partial charge in [-0.05, 0) is 50.3 Å². The largest absolute Gasteiger partial charge is 0.493 e. The van der Waals surface area contributed by atoms with Gasteiger partial charge in [-0.2, -0.15) is 0 Å². The highest BCUT2D eigenvalue weighted by Gasteiger charge is 2.12. The maximum Gasteiger partial charge on any atom is 0.164 e. The van der Waals surface area contributed by atoms with Gasteiger partial charge in [-0.3, -0.25) is 0 Å². The van der Waals surface area contributed by atoms with E-state index in [0.717, 1.165) is 23.1 Å². The molecule has 2 rings (SSSR count). The number of aromatic nitrogens is 2. The Morgan fingerprint density at radius 2 is 1.96 bits per heavy atom. The minimum atomic E-state index is -1.26. The molecule has 0 atom stereocenters. The second-order valence-corrected chi connectivity index (χ2v) is 6.27. The molecular formula is C19H27N3O4. The van der Waals surface area contributed by atoms with E-state index >= 15 is 0 Å². The maximum absolute atomic E-state index is 8.86. The molecule has 0 saturated carbocycles. The van der Waals surface area contributed by atoms with Crippen molar-refractivity contribution in [2.24, 2.45) is 0 Å². The number of unbranched alkanes of at least 4 members (excludes halogenated alkanes) is 1. The number of nitrogens with two attached hydrogens (primary N) is 1. The highest BCUT2D eigenvalue weighted by Crippen LogP contribution is 2.33. The van der Waals surface area contributed by atoms with Crippen LogP contribution in [0.1, 0.15) is 41.8 Å². The maximum atomic E-state index is 8.86. The molecular weight excluding hydrogens is 334 g/mol. The van der Waals surface area contributed by atoms with Crippen molar-refractivity contribution < 1.29 is 19.7 Å². The van der Waals surface area contributed by atoms with Crippen molar-refractivity contribution in [3.05, 3.63) is 40.8 Å². The minimum Gasteiger partial charge on any atom is -0.493 e. The van der Waals surface area contributed by atoms with E-state index in [9.17, 15) is 0 Å². The highest BCUT2D eigenvalue weighted by atomic mass is 16.5. The van der Waals surface area contributed by atoms with Gasteiger partial charge in [-0.15, -0.1) is 0 Å². The first-order valence-corrected chi connectivity index (χ1v) is 8.65. The fraction of sp³-hybridized carbons (Fsp3) is 0.474. The standard InChI is InChI=1S/C19H27N3O4/c1-12-8-14(9-15-11-21-13(2)22-19(15)20)10-16(25-3)18(12)26-7-5-4-6-17(23)24/h8,10-11,17,23-24H,4-7,9H2,1-3H3,(H2,20,21,22). The number of aliphatic hydroxyl groups is 2. The lowest BCUT2D eigenvalue weighted by Gasteiger charge is -2.16. The molecule has 7 nitrogen and oxygen atoms in total. The summed E-state index contributed by atoms with van der Waals surface area (Å²) in [5.74, 6) is 2.50. The second kappa shape index (κ2) is 9.35. The van der Waals surface area contributed by atoms with Crippen molar-refractivity contribution in [2.75, 3.05) is 19.5 Å². The molecule has 0 spiro atoms. The smallest absolute Gasteiger partial charge is 0.164 e. The SMILES string of the molecule is COc1cc(Cc2cnc(C)nc2N)cc(C)c1OCCCCC(O)O. The van der Waals surface area contributed by atoms with Gasteiger partial charge in [0.25, 0.3) is 0 Å². The normalized spacial score (nSPS) is 11.0. The zero-order chi connectivity index (χ0) is 19.1. The topological polar surface area (TPSA) is 111 Å². The predicted molar refractivity (Wildman–Crippen MR) is 99.3 cm³/mol. The number of nitrogen functional groups attached to an aromatic ring is 1. The van der Waals surface area contributed by atoms with Crippen molar-refractivity contribution in [2.45, 2.75) is 45.8 Å². The molecule has 0 aliphatic carbocycles. The lowest BCUT2D eigenvalue weighted by molar-refractivity contribution is -0.0469. The zero-order valence-electron chi connectivity index (χ0n) is 15.5. The summed E-state index contributed by atoms with van der Waals surface area (Å²) in [4.78, 5) is 8.40. The van der Waals surface area contributed by atoms with Gasteiger partial charge in [0, 0.05) is 18.2 Å². The first-order valence-electron chi connectivity index (χ1n) is 8.65. The van der Waals surface area contributed by atoms with Crippen LogP contribution < -0.4 is 15.2 Å². The van der Waals surface area contributed by atoms with E-state index in [4.69, 9.17) is 25.4 Å². The number of aliphatic hydroxyl groups excluding tert-OH is 1. The van der Waals surface area contributed by atoms with Crippen molar-refractivity contribution in [1.29, 1.82) is 0 Å². The summed E-state index contributed by atoms with van der Waals surface area (Å²) >= 11 is 0. The molecule has 0 radical (unpaired) electrons. The van der Waals surface area contributed by atoms with Crippen LogP contribution in [-0.2, 0) is 6.42 Å². The molecule has 0 fully saturated rings. The van der Waals surface area contributed by atoms with E-state index in [-0.39, 0.29) is 0 Å². The Labute approximate surface area is 153 Å². The van der Waals surface area contributed by atoms with Gasteiger partial charge in [0.1, 0.15) is 11.6 Å². The summed E-state index contributed by atoms with van der Waals surface area (Å²) in [6.45, 7) is 4.26. The fourth-order valence-electron chi connectivity index (χ4n) is 2.72. The van der Waals surface area contributed by atoms with Crippen LogP contribution in [0.5, 0.6) is 11.5 Å². The van der Waals surface area contributed by atoms with Gasteiger partial charge in [-0.25, -0.2) is 9.97 Å². The summed E-state index contributed by atoms with van der Waals surface area (Å²) < 4.78 is 11.3. The van der Waals surface area contributed by atoms with Gasteiger partial charge in [0.15, 0.2) is 17.8 Å². The lowest BCUT2D eigenvalue weighted by atomic mass is 10.0. The van der Waals surface area contributed by atoms with Crippen molar-refractivity contribution in [1.82, 2.24) is 9.97 Å². The summed E-state index contributed by atoms with van der Waals surface area (Å²) in [6, 6.07) is 3.97. The van der Waals surface area contributed by atoms with Gasteiger partial charge < -0.3 is 25.4 Å². The molecule has 2 aromatic rings. The Bertz CT molecular complexity index is 735. The Kier molecular flexibility index (Phi) is 7.17. The molecule has 0 bridgehead atoms. The van der Waals surface area contributed by atoms with Gasteiger partial charge >= 0.3 is 0 Å². The number of ether oxygens (including phenoxy) is 2. The van der Waals surface area contributed by atoms with Gasteiger partial charge in [0.05, 0.1) is 13.7 Å². The van der Waals surface area contributed by atoms with Crippen LogP contribution in [0.3, 0.4) is 0 Å². The van der Waals surface area contributed by atoms with Gasteiger partial charge in [0.2, 0.25) is 0 Å². The summed E-state index contributed by atoms with van der Waals surface area (Å²) in [7, 11) is 1.61. The average Bonchev–Trinajstić information content (AvgIpc) is 2.58. The predicted octanol–water partition coefficient (Wildman–Crippen LogP) is 2.13. The molecule has 1 aromatic carbocycles. The second-order valence-electron chi connectivity index (χ2n) is 6.27. The number of methoxy groups -OCH3 is 1. The molecule has 0 amide bonds. The monoisotopic (exact) mass is 361 g/mol. The quantitative estimate of drug-likeness (QED) is 0.463. The molecule has 0 saturated heterocycles. The lowest BCUT2D eigenvalue weighted by Crippen LogP contribution is -2.06. The van der Waals surface area contributed by atoms with E-state index < -0.39 is 6.29 Å². The van der Waals surface area contributed by atoms with Crippen molar-refractivity contribution in [3.8, 4) is 11.5 Å². The van der Waals surface area contributed by atoms with Crippen LogP contribution in [0, 0.1) is 13.8 Å². The minimum absolute atomic E-state index is 0.346. The Morgan fingerprint density at radius 3 is 2.62 bits per heavy atom. The molecule has 4 N–H and O–H groups in total. The van der Waals surface area contributed by atoms with Gasteiger partial charge in [-0.1, -0.05) is 6.07 Å². The zero-order valence-corrected chi connectivity index (χ0v) is 15.5. The van der Waals surface area contributed by atoms with E-state index in [1.165, 1.54) is 0 Å². The Balaban J connectivity index is 2.08. The number of hydrogen-bond donors (Lipinski definition) is 3. The first kappa shape index (κ1) is 19.9. The highest BCUT2D eigenvalue weighted by molar-refractivity contribution is 5.51. The molecule has 0 unspecified atom stereocenters. The molecule has 26 heavy (non-hydrogen) atoms. The van der Waals surface area contributed by atoms with E-state index in [2.05, 4.69) is 9.97 Å². The number of aryl methyl sites for hydroxylation is 2. The average molecular weight is 361 g/mol. The van der Waals surface area contributed by atoms with Crippen LogP contribution in [-0.4, -0.2) is 40.2 Å². The van der Waals surface area contributed by atoms with Crippen LogP contribution in [0.25, 0.3) is 0 Å². The molecule has 7 heteroatoms. The molecule has 0 aliphatic heterocycles. The first-order chi connectivity index (χ1) is 12.4. The van der Waals surface area contributed by atoms with Crippen LogP contribution in [0.15, 0.2) is 18.3 Å². The third-order valence-electron chi connectivity index (χ3n) is 4.04. The molecule has 142 valence electrons. The van der Waals surface area contributed by atoms with Crippen molar-refractivity contribution in [3.63, 3.8) is 0 Å². The third-order valence-corrected chi connectivity index (χ3v) is 4.04. The molecule has 1 heterocycles. The van der Waals surface area contributed by atoms with Crippen LogP contribution >= 0.6 is 0 Å². The third kappa shape index (κ3) is 5.57. The number of benzene rings is 1.